The topological polar surface area (TPSA) is 7.68 Å². The number of nitrogens with zero attached hydrogens (tertiary/aromatic N) is 1. The van der Waals surface area contributed by atoms with Gasteiger partial charge in [0.25, 0.3) is 0 Å². The second kappa shape index (κ2) is 7.62. The molecule has 0 amide bonds. The van der Waals surface area contributed by atoms with Gasteiger partial charge in [-0.2, -0.15) is 0 Å². The van der Waals surface area contributed by atoms with E-state index in [2.05, 4.69) is 31.3 Å². The quantitative estimate of drug-likeness (QED) is 0.448. The van der Waals surface area contributed by atoms with Crippen LogP contribution in [0.3, 0.4) is 0 Å². The number of hydrogen-bond donors (Lipinski definition) is 1. The van der Waals surface area contributed by atoms with E-state index in [4.69, 9.17) is 0 Å². The number of rotatable bonds is 5. The van der Waals surface area contributed by atoms with Crippen LogP contribution in [0.5, 0.6) is 0 Å². The minimum atomic E-state index is 0. The summed E-state index contributed by atoms with van der Waals surface area (Å²) in [4.78, 5) is 3.90. The van der Waals surface area contributed by atoms with Crippen LogP contribution in [-0.4, -0.2) is 25.2 Å². The smallest absolute Gasteiger partial charge is 0.156 e. The molecule has 1 rings (SSSR count). The molecule has 0 spiro atoms. The van der Waals surface area contributed by atoms with Gasteiger partial charge in [-0.25, -0.2) is 0 Å². The molecule has 0 aliphatic carbocycles. The molecular weight excluding hydrogens is 275 g/mol. The molecule has 1 unspecified atom stereocenters. The van der Waals surface area contributed by atoms with Gasteiger partial charge in [0.2, 0.25) is 0 Å². The summed E-state index contributed by atoms with van der Waals surface area (Å²) in [5, 5.41) is 0. The van der Waals surface area contributed by atoms with Gasteiger partial charge in [-0.1, -0.05) is 26.2 Å². The second-order valence-electron chi connectivity index (χ2n) is 3.69. The molecule has 13 heavy (non-hydrogen) atoms. The van der Waals surface area contributed by atoms with Crippen LogP contribution in [0.15, 0.2) is 12.4 Å². The van der Waals surface area contributed by atoms with Crippen molar-refractivity contribution in [2.24, 2.45) is 0 Å². The normalized spacial score (nSPS) is 20.5. The largest absolute Gasteiger partial charge is 1.00 e. The van der Waals surface area contributed by atoms with Crippen molar-refractivity contribution < 1.29 is 28.9 Å². The summed E-state index contributed by atoms with van der Waals surface area (Å²) in [6.07, 6.45) is 9.91. The van der Waals surface area contributed by atoms with E-state index in [9.17, 15) is 0 Å². The highest BCUT2D eigenvalue weighted by atomic mass is 127. The van der Waals surface area contributed by atoms with Crippen LogP contribution in [0.25, 0.3) is 0 Å². The molecule has 0 saturated heterocycles. The van der Waals surface area contributed by atoms with Crippen molar-refractivity contribution in [2.75, 3.05) is 20.3 Å². The first-order valence-electron chi connectivity index (χ1n) is 5.07. The van der Waals surface area contributed by atoms with E-state index < -0.39 is 0 Å². The van der Waals surface area contributed by atoms with E-state index in [0.717, 1.165) is 6.67 Å². The lowest BCUT2D eigenvalue weighted by atomic mass is 10.2. The van der Waals surface area contributed by atoms with E-state index in [1.165, 1.54) is 37.1 Å². The fraction of sp³-hybridized carbons (Fsp3) is 0.800. The van der Waals surface area contributed by atoms with Crippen molar-refractivity contribution in [3.8, 4) is 0 Å². The average Bonchev–Trinajstić information content (AvgIpc) is 2.45. The Kier molecular flexibility index (Phi) is 7.75. The Balaban J connectivity index is 0.00000144. The minimum Gasteiger partial charge on any atom is -1.00 e. The average molecular weight is 296 g/mol. The summed E-state index contributed by atoms with van der Waals surface area (Å²) in [5.74, 6) is 0. The fourth-order valence-corrected chi connectivity index (χ4v) is 1.55. The zero-order chi connectivity index (χ0) is 8.81. The van der Waals surface area contributed by atoms with E-state index >= 15 is 0 Å². The van der Waals surface area contributed by atoms with Gasteiger partial charge in [-0.15, -0.1) is 0 Å². The van der Waals surface area contributed by atoms with Crippen molar-refractivity contribution in [3.05, 3.63) is 12.4 Å². The number of halogens is 1. The van der Waals surface area contributed by atoms with Gasteiger partial charge in [0.05, 0.1) is 13.2 Å². The summed E-state index contributed by atoms with van der Waals surface area (Å²) in [6, 6.07) is 0. The van der Waals surface area contributed by atoms with Gasteiger partial charge < -0.3 is 28.9 Å². The van der Waals surface area contributed by atoms with E-state index in [1.54, 1.807) is 0 Å². The Morgan fingerprint density at radius 2 is 2.08 bits per heavy atom. The van der Waals surface area contributed by atoms with Crippen LogP contribution in [0.4, 0.5) is 0 Å². The van der Waals surface area contributed by atoms with E-state index in [-0.39, 0.29) is 24.0 Å². The van der Waals surface area contributed by atoms with Gasteiger partial charge in [-0.3, -0.25) is 4.90 Å². The Morgan fingerprint density at radius 1 is 1.31 bits per heavy atom. The van der Waals surface area contributed by atoms with E-state index in [0.29, 0.717) is 0 Å². The zero-order valence-electron chi connectivity index (χ0n) is 8.72. The van der Waals surface area contributed by atoms with E-state index in [1.807, 2.05) is 0 Å². The van der Waals surface area contributed by atoms with Crippen LogP contribution in [-0.2, 0) is 0 Å². The molecular formula is C10H21IN2. The maximum absolute atomic E-state index is 2.41. The predicted octanol–water partition coefficient (Wildman–Crippen LogP) is -2.17. The van der Waals surface area contributed by atoms with Crippen LogP contribution < -0.4 is 28.9 Å². The molecule has 0 radical (unpaired) electrons. The molecule has 78 valence electrons. The number of quaternary nitrogens is 1. The van der Waals surface area contributed by atoms with Gasteiger partial charge in [-0.05, 0) is 6.42 Å². The summed E-state index contributed by atoms with van der Waals surface area (Å²) < 4.78 is 0. The first-order chi connectivity index (χ1) is 5.83. The zero-order valence-corrected chi connectivity index (χ0v) is 10.9. The standard InChI is InChI=1S/C10H20N2.HI/c1-3-4-5-6-7-12-9-8-11(2)10-12;/h8-9H,3-7,10H2,1-2H3;1H. The lowest BCUT2D eigenvalue weighted by Crippen LogP contribution is -3.03. The molecule has 0 aromatic carbocycles. The molecule has 1 aliphatic heterocycles. The lowest BCUT2D eigenvalue weighted by molar-refractivity contribution is -0.826. The minimum absolute atomic E-state index is 0. The Labute approximate surface area is 99.0 Å². The fourth-order valence-electron chi connectivity index (χ4n) is 1.55. The van der Waals surface area contributed by atoms with Crippen molar-refractivity contribution in [3.63, 3.8) is 0 Å². The van der Waals surface area contributed by atoms with Gasteiger partial charge in [0, 0.05) is 6.54 Å². The van der Waals surface area contributed by atoms with Gasteiger partial charge in [0.15, 0.2) is 6.67 Å². The van der Waals surface area contributed by atoms with Crippen molar-refractivity contribution in [1.82, 2.24) is 4.90 Å². The molecule has 1 heterocycles. The SMILES string of the molecule is CCCCCCN1C=C[NH+](C)C1.[I-]. The maximum atomic E-state index is 2.41. The maximum Gasteiger partial charge on any atom is 0.156 e. The molecule has 1 atom stereocenters. The van der Waals surface area contributed by atoms with Crippen LogP contribution in [0, 0.1) is 0 Å². The van der Waals surface area contributed by atoms with Crippen LogP contribution in [0.1, 0.15) is 32.6 Å². The Morgan fingerprint density at radius 3 is 2.62 bits per heavy atom. The van der Waals surface area contributed by atoms with Gasteiger partial charge >= 0.3 is 0 Å². The van der Waals surface area contributed by atoms with Crippen LogP contribution >= 0.6 is 0 Å². The lowest BCUT2D eigenvalue weighted by Gasteiger charge is -2.13. The number of unbranched alkanes of at least 4 members (excludes halogenated alkanes) is 3. The number of nitrogens with one attached hydrogen (secondary N) is 1. The predicted molar refractivity (Wildman–Crippen MR) is 51.7 cm³/mol. The molecule has 0 saturated carbocycles. The first kappa shape index (κ1) is 13.2. The van der Waals surface area contributed by atoms with Crippen molar-refractivity contribution in [1.29, 1.82) is 0 Å². The monoisotopic (exact) mass is 296 g/mol. The highest BCUT2D eigenvalue weighted by Crippen LogP contribution is 2.01. The Bertz CT molecular complexity index is 148. The summed E-state index contributed by atoms with van der Waals surface area (Å²) in [7, 11) is 2.20. The molecule has 3 heteroatoms. The highest BCUT2D eigenvalue weighted by Gasteiger charge is 2.10. The Hall–Kier alpha value is 0.230. The molecule has 2 nitrogen and oxygen atoms in total. The summed E-state index contributed by atoms with van der Waals surface area (Å²) in [6.45, 7) is 4.66. The molecule has 0 bridgehead atoms. The summed E-state index contributed by atoms with van der Waals surface area (Å²) in [5.41, 5.74) is 0. The third-order valence-corrected chi connectivity index (χ3v) is 2.32. The third-order valence-electron chi connectivity index (χ3n) is 2.32. The molecule has 0 fully saturated rings. The second-order valence-corrected chi connectivity index (χ2v) is 3.69. The highest BCUT2D eigenvalue weighted by molar-refractivity contribution is 4.76. The molecule has 1 N–H and O–H groups in total. The number of hydrogen-bond acceptors (Lipinski definition) is 1. The first-order valence-corrected chi connectivity index (χ1v) is 5.07. The summed E-state index contributed by atoms with van der Waals surface area (Å²) >= 11 is 0. The molecule has 1 aliphatic rings. The van der Waals surface area contributed by atoms with Gasteiger partial charge in [0.1, 0.15) is 6.20 Å². The third kappa shape index (κ3) is 5.52. The molecule has 0 aromatic rings. The van der Waals surface area contributed by atoms with Crippen molar-refractivity contribution >= 4 is 0 Å². The van der Waals surface area contributed by atoms with Crippen LogP contribution in [0.2, 0.25) is 0 Å². The van der Waals surface area contributed by atoms with Crippen molar-refractivity contribution in [2.45, 2.75) is 32.6 Å². The molecule has 0 aromatic heterocycles.